The van der Waals surface area contributed by atoms with Gasteiger partial charge in [-0.25, -0.2) is 0 Å². The molecule has 2 N–H and O–H groups in total. The Bertz CT molecular complexity index is 600. The summed E-state index contributed by atoms with van der Waals surface area (Å²) in [6, 6.07) is 0. The number of H-pyrrole nitrogens is 1. The minimum atomic E-state index is -0.0133. The van der Waals surface area contributed by atoms with Gasteiger partial charge >= 0.3 is 0 Å². The van der Waals surface area contributed by atoms with Crippen molar-refractivity contribution in [2.75, 3.05) is 5.32 Å². The van der Waals surface area contributed by atoms with Crippen LogP contribution < -0.4 is 5.32 Å². The molecule has 2 aliphatic rings. The summed E-state index contributed by atoms with van der Waals surface area (Å²) in [5.74, 6) is 0.992. The maximum Gasteiger partial charge on any atom is 0.156 e. The molecule has 0 amide bonds. The van der Waals surface area contributed by atoms with Crippen molar-refractivity contribution in [3.05, 3.63) is 34.7 Å². The number of hydrogen-bond donors (Lipinski definition) is 2. The third-order valence-electron chi connectivity index (χ3n) is 4.47. The van der Waals surface area contributed by atoms with Crippen molar-refractivity contribution in [2.45, 2.75) is 66.7 Å². The molecule has 0 atom stereocenters. The fourth-order valence-electron chi connectivity index (χ4n) is 3.99. The van der Waals surface area contributed by atoms with E-state index in [4.69, 9.17) is 0 Å². The van der Waals surface area contributed by atoms with Crippen LogP contribution in [0, 0.1) is 12.3 Å². The third kappa shape index (κ3) is 2.43. The Morgan fingerprint density at radius 2 is 1.71 bits per heavy atom. The van der Waals surface area contributed by atoms with E-state index in [1.165, 1.54) is 22.4 Å². The van der Waals surface area contributed by atoms with Crippen molar-refractivity contribution in [2.24, 2.45) is 5.41 Å². The first kappa shape index (κ1) is 15.9. The summed E-state index contributed by atoms with van der Waals surface area (Å²) in [7, 11) is 0. The Balaban J connectivity index is 0.000000774. The molecule has 116 valence electrons. The Morgan fingerprint density at radius 1 is 1.10 bits per heavy atom. The third-order valence-corrected chi connectivity index (χ3v) is 4.47. The molecular formula is C18H29N3. The Hall–Kier alpha value is -1.51. The highest BCUT2D eigenvalue weighted by Gasteiger charge is 2.43. The van der Waals surface area contributed by atoms with Crippen molar-refractivity contribution in [1.82, 2.24) is 10.2 Å². The Kier molecular flexibility index (Phi) is 3.81. The van der Waals surface area contributed by atoms with Gasteiger partial charge < -0.3 is 5.32 Å². The van der Waals surface area contributed by atoms with Gasteiger partial charge in [-0.2, -0.15) is 5.10 Å². The summed E-state index contributed by atoms with van der Waals surface area (Å²) >= 11 is 0. The number of nitrogens with zero attached hydrogens (tertiary/aromatic N) is 1. The highest BCUT2D eigenvalue weighted by Crippen LogP contribution is 2.52. The zero-order chi connectivity index (χ0) is 16.0. The van der Waals surface area contributed by atoms with Crippen molar-refractivity contribution in [3.8, 4) is 0 Å². The molecule has 0 bridgehead atoms. The molecule has 1 aromatic rings. The highest BCUT2D eigenvalue weighted by atomic mass is 15.2. The lowest BCUT2D eigenvalue weighted by atomic mass is 9.64. The van der Waals surface area contributed by atoms with Crippen molar-refractivity contribution in [3.63, 3.8) is 0 Å². The lowest BCUT2D eigenvalue weighted by Crippen LogP contribution is -2.35. The minimum Gasteiger partial charge on any atom is -0.342 e. The Labute approximate surface area is 128 Å². The van der Waals surface area contributed by atoms with Crippen LogP contribution in [0.2, 0.25) is 0 Å². The van der Waals surface area contributed by atoms with E-state index in [1.54, 1.807) is 0 Å². The van der Waals surface area contributed by atoms with Crippen LogP contribution in [0.1, 0.15) is 65.6 Å². The summed E-state index contributed by atoms with van der Waals surface area (Å²) in [5.41, 5.74) is 6.68. The van der Waals surface area contributed by atoms with E-state index >= 15 is 0 Å². The van der Waals surface area contributed by atoms with Gasteiger partial charge in [0, 0.05) is 22.4 Å². The number of anilines is 1. The number of rotatable bonds is 0. The van der Waals surface area contributed by atoms with E-state index in [0.717, 1.165) is 24.4 Å². The van der Waals surface area contributed by atoms with Gasteiger partial charge in [0.15, 0.2) is 5.82 Å². The van der Waals surface area contributed by atoms with Crippen LogP contribution in [-0.2, 0) is 5.41 Å². The van der Waals surface area contributed by atoms with Crippen LogP contribution in [-0.4, -0.2) is 10.2 Å². The fourth-order valence-corrected chi connectivity index (χ4v) is 3.99. The number of aryl methyl sites for hydroxylation is 1. The molecule has 21 heavy (non-hydrogen) atoms. The molecule has 0 fully saturated rings. The second-order valence-corrected chi connectivity index (χ2v) is 7.30. The quantitative estimate of drug-likeness (QED) is 0.698. The number of aromatic amines is 1. The van der Waals surface area contributed by atoms with Gasteiger partial charge in [-0.3, -0.25) is 5.10 Å². The van der Waals surface area contributed by atoms with Crippen LogP contribution >= 0.6 is 0 Å². The van der Waals surface area contributed by atoms with Crippen molar-refractivity contribution < 1.29 is 0 Å². The molecule has 0 unspecified atom stereocenters. The number of nitrogens with one attached hydrogen (secondary N) is 2. The van der Waals surface area contributed by atoms with Crippen LogP contribution in [0.25, 0.3) is 0 Å². The molecule has 1 aliphatic heterocycles. The van der Waals surface area contributed by atoms with Gasteiger partial charge in [0.25, 0.3) is 0 Å². The van der Waals surface area contributed by atoms with Gasteiger partial charge in [-0.15, -0.1) is 0 Å². The smallest absolute Gasteiger partial charge is 0.156 e. The normalized spacial score (nSPS) is 21.8. The summed E-state index contributed by atoms with van der Waals surface area (Å²) in [6.45, 7) is 19.6. The van der Waals surface area contributed by atoms with Gasteiger partial charge in [0.2, 0.25) is 0 Å². The number of aromatic nitrogens is 2. The van der Waals surface area contributed by atoms with E-state index in [2.05, 4.69) is 56.7 Å². The molecule has 0 saturated carbocycles. The predicted octanol–water partition coefficient (Wildman–Crippen LogP) is 5.08. The van der Waals surface area contributed by atoms with E-state index in [-0.39, 0.29) is 10.8 Å². The topological polar surface area (TPSA) is 40.7 Å². The largest absolute Gasteiger partial charge is 0.342 e. The van der Waals surface area contributed by atoms with Gasteiger partial charge in [0.05, 0.1) is 0 Å². The average Bonchev–Trinajstić information content (AvgIpc) is 2.71. The summed E-state index contributed by atoms with van der Waals surface area (Å²) in [6.07, 6.45) is 2.14. The van der Waals surface area contributed by atoms with Crippen molar-refractivity contribution in [1.29, 1.82) is 0 Å². The van der Waals surface area contributed by atoms with Crippen LogP contribution in [0.4, 0.5) is 5.82 Å². The maximum absolute atomic E-state index is 4.42. The first-order valence-corrected chi connectivity index (χ1v) is 7.96. The van der Waals surface area contributed by atoms with E-state index in [1.807, 2.05) is 13.8 Å². The van der Waals surface area contributed by atoms with E-state index < -0.39 is 0 Å². The minimum absolute atomic E-state index is 0.0133. The number of hydrogen-bond acceptors (Lipinski definition) is 2. The predicted molar refractivity (Wildman–Crippen MR) is 90.5 cm³/mol. The summed E-state index contributed by atoms with van der Waals surface area (Å²) in [4.78, 5) is 0. The molecular weight excluding hydrogens is 258 g/mol. The van der Waals surface area contributed by atoms with E-state index in [9.17, 15) is 0 Å². The molecule has 0 radical (unpaired) electrons. The molecule has 1 aliphatic carbocycles. The SMILES string of the molecule is C=C1CC(C)(C)CC2=C1C(C)(C)c1c(n[nH]c1C)N2.CC. The molecule has 3 rings (SSSR count). The standard InChI is InChI=1S/C16H23N3.C2H6/c1-9-7-15(3,4)8-11-12(9)16(5,6)13-10(2)18-19-14(13)17-11;1-2/h1,7-8H2,2-6H3,(H2,17,18,19);1-2H3. The van der Waals surface area contributed by atoms with Gasteiger partial charge in [0.1, 0.15) is 0 Å². The molecule has 0 saturated heterocycles. The molecule has 2 heterocycles. The number of fused-ring (bicyclic) bond motifs is 1. The van der Waals surface area contributed by atoms with Crippen LogP contribution in [0.3, 0.4) is 0 Å². The molecule has 0 spiro atoms. The first-order valence-electron chi connectivity index (χ1n) is 7.96. The second-order valence-electron chi connectivity index (χ2n) is 7.30. The number of allylic oxidation sites excluding steroid dienone is 3. The van der Waals surface area contributed by atoms with Crippen LogP contribution in [0.5, 0.6) is 0 Å². The zero-order valence-corrected chi connectivity index (χ0v) is 14.6. The molecule has 3 nitrogen and oxygen atoms in total. The second kappa shape index (κ2) is 5.04. The van der Waals surface area contributed by atoms with Gasteiger partial charge in [-0.05, 0) is 36.3 Å². The zero-order valence-electron chi connectivity index (χ0n) is 14.6. The lowest BCUT2D eigenvalue weighted by Gasteiger charge is -2.44. The fraction of sp³-hybridized carbons (Fsp3) is 0.611. The van der Waals surface area contributed by atoms with E-state index in [0.29, 0.717) is 0 Å². The van der Waals surface area contributed by atoms with Gasteiger partial charge in [-0.1, -0.05) is 48.1 Å². The molecule has 0 aromatic carbocycles. The lowest BCUT2D eigenvalue weighted by molar-refractivity contribution is 0.338. The van der Waals surface area contributed by atoms with Crippen molar-refractivity contribution >= 4 is 5.82 Å². The summed E-state index contributed by atoms with van der Waals surface area (Å²) in [5, 5.41) is 11.1. The highest BCUT2D eigenvalue weighted by molar-refractivity contribution is 5.66. The first-order chi connectivity index (χ1) is 9.72. The maximum atomic E-state index is 4.42. The molecule has 3 heteroatoms. The summed E-state index contributed by atoms with van der Waals surface area (Å²) < 4.78 is 0. The monoisotopic (exact) mass is 287 g/mol. The Morgan fingerprint density at radius 3 is 2.33 bits per heavy atom. The van der Waals surface area contributed by atoms with Crippen LogP contribution in [0.15, 0.2) is 23.4 Å². The average molecular weight is 287 g/mol. The molecule has 1 aromatic heterocycles.